The van der Waals surface area contributed by atoms with Crippen LogP contribution in [0.15, 0.2) is 41.2 Å². The number of aromatic nitrogens is 2. The summed E-state index contributed by atoms with van der Waals surface area (Å²) in [6, 6.07) is 11.3. The molecule has 1 fully saturated rings. The normalized spacial score (nSPS) is 22.1. The molecule has 156 valence electrons. The van der Waals surface area contributed by atoms with Crippen LogP contribution in [0.1, 0.15) is 29.8 Å². The Morgan fingerprint density at radius 3 is 2.59 bits per heavy atom. The Hall–Kier alpha value is -2.51. The highest BCUT2D eigenvalue weighted by atomic mass is 16.3. The molecule has 29 heavy (non-hydrogen) atoms. The lowest BCUT2D eigenvalue weighted by molar-refractivity contribution is -0.142. The van der Waals surface area contributed by atoms with E-state index in [0.29, 0.717) is 31.7 Å². The highest BCUT2D eigenvalue weighted by Crippen LogP contribution is 2.35. The van der Waals surface area contributed by atoms with Crippen molar-refractivity contribution in [2.75, 3.05) is 27.2 Å². The van der Waals surface area contributed by atoms with Gasteiger partial charge in [0.05, 0.1) is 6.04 Å². The van der Waals surface area contributed by atoms with Gasteiger partial charge >= 0.3 is 5.69 Å². The molecule has 1 aliphatic heterocycles. The molecule has 1 N–H and O–H groups in total. The van der Waals surface area contributed by atoms with E-state index in [2.05, 4.69) is 4.98 Å². The maximum Gasteiger partial charge on any atom is 0.347 e. The fourth-order valence-corrected chi connectivity index (χ4v) is 4.22. The van der Waals surface area contributed by atoms with Crippen molar-refractivity contribution in [3.63, 3.8) is 0 Å². The summed E-state index contributed by atoms with van der Waals surface area (Å²) in [5, 5.41) is 11.4. The molecule has 2 aromatic rings. The fraction of sp³-hybridized carbons (Fsp3) is 0.500. The minimum Gasteiger partial charge on any atom is -0.383 e. The highest BCUT2D eigenvalue weighted by molar-refractivity contribution is 5.76. The van der Waals surface area contributed by atoms with E-state index in [1.807, 2.05) is 62.3 Å². The van der Waals surface area contributed by atoms with Crippen LogP contribution >= 0.6 is 0 Å². The van der Waals surface area contributed by atoms with Gasteiger partial charge in [0.25, 0.3) is 0 Å². The Kier molecular flexibility index (Phi) is 6.19. The van der Waals surface area contributed by atoms with Gasteiger partial charge in [0.1, 0.15) is 5.60 Å². The van der Waals surface area contributed by atoms with Crippen LogP contribution in [-0.2, 0) is 16.9 Å². The number of carbonyl (C=O) groups excluding carboxylic acids is 1. The monoisotopic (exact) mass is 398 g/mol. The first kappa shape index (κ1) is 21.2. The molecular formula is C22H30N4O3. The first-order valence-corrected chi connectivity index (χ1v) is 9.99. The topological polar surface area (TPSA) is 78.7 Å². The van der Waals surface area contributed by atoms with Crippen molar-refractivity contribution in [1.29, 1.82) is 0 Å². The number of rotatable bonds is 5. The lowest BCUT2D eigenvalue weighted by Crippen LogP contribution is -2.60. The molecular weight excluding hydrogens is 368 g/mol. The molecule has 0 radical (unpaired) electrons. The molecule has 1 aliphatic rings. The van der Waals surface area contributed by atoms with Gasteiger partial charge in [-0.15, -0.1) is 0 Å². The number of amides is 1. The number of piperidine rings is 1. The van der Waals surface area contributed by atoms with Gasteiger partial charge in [-0.3, -0.25) is 9.36 Å². The SMILES string of the molecule is Cc1cc(C)n(CCC(=O)N2CC[C@](O)(c3ccccc3)[C@H](N(C)C)C2)c(=O)n1. The number of aryl methyl sites for hydroxylation is 2. The molecule has 1 amide bonds. The van der Waals surface area contributed by atoms with Crippen molar-refractivity contribution in [3.8, 4) is 0 Å². The molecule has 0 spiro atoms. The third-order valence-electron chi connectivity index (χ3n) is 5.85. The Labute approximate surface area is 171 Å². The average Bonchev–Trinajstić information content (AvgIpc) is 2.67. The second-order valence-electron chi connectivity index (χ2n) is 8.08. The van der Waals surface area contributed by atoms with Crippen LogP contribution in [0.4, 0.5) is 0 Å². The summed E-state index contributed by atoms with van der Waals surface area (Å²) in [7, 11) is 3.85. The second kappa shape index (κ2) is 8.47. The van der Waals surface area contributed by atoms with Crippen molar-refractivity contribution in [1.82, 2.24) is 19.4 Å². The molecule has 0 unspecified atom stereocenters. The largest absolute Gasteiger partial charge is 0.383 e. The molecule has 7 heteroatoms. The molecule has 2 atom stereocenters. The highest BCUT2D eigenvalue weighted by Gasteiger charge is 2.44. The van der Waals surface area contributed by atoms with Crippen LogP contribution in [-0.4, -0.2) is 63.6 Å². The number of hydrogen-bond acceptors (Lipinski definition) is 5. The van der Waals surface area contributed by atoms with Crippen LogP contribution in [0.2, 0.25) is 0 Å². The second-order valence-corrected chi connectivity index (χ2v) is 8.08. The van der Waals surface area contributed by atoms with E-state index in [1.54, 1.807) is 16.4 Å². The standard InChI is InChI=1S/C22H30N4O3/c1-16-14-17(2)26(21(28)23-16)12-10-20(27)25-13-11-22(29,19(15-25)24(3)4)18-8-6-5-7-9-18/h5-9,14,19,29H,10-13,15H2,1-4H3/t19-,22+/m1/s1. The summed E-state index contributed by atoms with van der Waals surface area (Å²) < 4.78 is 1.54. The van der Waals surface area contributed by atoms with Crippen LogP contribution in [0.5, 0.6) is 0 Å². The van der Waals surface area contributed by atoms with E-state index in [4.69, 9.17) is 0 Å². The van der Waals surface area contributed by atoms with Crippen molar-refractivity contribution in [3.05, 3.63) is 63.8 Å². The molecule has 2 heterocycles. The molecule has 1 saturated heterocycles. The maximum absolute atomic E-state index is 12.9. The van der Waals surface area contributed by atoms with Crippen LogP contribution < -0.4 is 5.69 Å². The smallest absolute Gasteiger partial charge is 0.347 e. The van der Waals surface area contributed by atoms with Crippen molar-refractivity contribution < 1.29 is 9.90 Å². The van der Waals surface area contributed by atoms with Gasteiger partial charge in [-0.1, -0.05) is 30.3 Å². The molecule has 0 saturated carbocycles. The zero-order valence-corrected chi connectivity index (χ0v) is 17.6. The van der Waals surface area contributed by atoms with Crippen molar-refractivity contribution in [2.45, 2.75) is 44.9 Å². The quantitative estimate of drug-likeness (QED) is 0.821. The number of nitrogens with zero attached hydrogens (tertiary/aromatic N) is 4. The minimum atomic E-state index is -1.00. The van der Waals surface area contributed by atoms with Gasteiger partial charge < -0.3 is 14.9 Å². The van der Waals surface area contributed by atoms with Gasteiger partial charge in [-0.25, -0.2) is 4.79 Å². The summed E-state index contributed by atoms with van der Waals surface area (Å²) in [4.78, 5) is 32.7. The molecule has 1 aromatic heterocycles. The first-order valence-electron chi connectivity index (χ1n) is 9.99. The van der Waals surface area contributed by atoms with Gasteiger partial charge in [-0.05, 0) is 46.0 Å². The number of hydrogen-bond donors (Lipinski definition) is 1. The number of benzene rings is 1. The first-order chi connectivity index (χ1) is 13.7. The molecule has 3 rings (SSSR count). The summed E-state index contributed by atoms with van der Waals surface area (Å²) in [6.07, 6.45) is 0.700. The van der Waals surface area contributed by atoms with Gasteiger partial charge in [0.15, 0.2) is 0 Å². The lowest BCUT2D eigenvalue weighted by Gasteiger charge is -2.47. The van der Waals surface area contributed by atoms with Crippen LogP contribution in [0, 0.1) is 13.8 Å². The zero-order valence-electron chi connectivity index (χ0n) is 17.6. The Bertz CT molecular complexity index is 925. The van der Waals surface area contributed by atoms with Crippen LogP contribution in [0.25, 0.3) is 0 Å². The van der Waals surface area contributed by atoms with E-state index in [1.165, 1.54) is 0 Å². The molecule has 0 bridgehead atoms. The predicted molar refractivity (Wildman–Crippen MR) is 112 cm³/mol. The number of likely N-dealkylation sites (N-methyl/N-ethyl adjacent to an activating group) is 1. The van der Waals surface area contributed by atoms with E-state index in [9.17, 15) is 14.7 Å². The lowest BCUT2D eigenvalue weighted by atomic mass is 9.79. The third kappa shape index (κ3) is 4.41. The van der Waals surface area contributed by atoms with Gasteiger partial charge in [-0.2, -0.15) is 4.98 Å². The number of carbonyl (C=O) groups is 1. The molecule has 1 aromatic carbocycles. The Morgan fingerprint density at radius 2 is 1.97 bits per heavy atom. The predicted octanol–water partition coefficient (Wildman–Crippen LogP) is 1.30. The van der Waals surface area contributed by atoms with Gasteiger partial charge in [0.2, 0.25) is 5.91 Å². The minimum absolute atomic E-state index is 0.0150. The van der Waals surface area contributed by atoms with Crippen molar-refractivity contribution in [2.24, 2.45) is 0 Å². The Morgan fingerprint density at radius 1 is 1.28 bits per heavy atom. The third-order valence-corrected chi connectivity index (χ3v) is 5.85. The van der Waals surface area contributed by atoms with Crippen LogP contribution in [0.3, 0.4) is 0 Å². The number of aliphatic hydroxyl groups is 1. The Balaban J connectivity index is 1.72. The average molecular weight is 399 g/mol. The number of likely N-dealkylation sites (tertiary alicyclic amines) is 1. The summed E-state index contributed by atoms with van der Waals surface area (Å²) in [5.74, 6) is -0.0150. The van der Waals surface area contributed by atoms with Crippen molar-refractivity contribution >= 4 is 5.91 Å². The summed E-state index contributed by atoms with van der Waals surface area (Å²) >= 11 is 0. The fourth-order valence-electron chi connectivity index (χ4n) is 4.22. The van der Waals surface area contributed by atoms with E-state index in [0.717, 1.165) is 11.3 Å². The van der Waals surface area contributed by atoms with Gasteiger partial charge in [0, 0.05) is 37.4 Å². The van der Waals surface area contributed by atoms with E-state index in [-0.39, 0.29) is 24.1 Å². The maximum atomic E-state index is 12.9. The summed E-state index contributed by atoms with van der Waals surface area (Å²) in [5.41, 5.74) is 1.03. The summed E-state index contributed by atoms with van der Waals surface area (Å²) in [6.45, 7) is 4.87. The molecule has 0 aliphatic carbocycles. The zero-order chi connectivity index (χ0) is 21.2. The van der Waals surface area contributed by atoms with E-state index < -0.39 is 5.60 Å². The van der Waals surface area contributed by atoms with E-state index >= 15 is 0 Å². The molecule has 7 nitrogen and oxygen atoms in total.